The van der Waals surface area contributed by atoms with Gasteiger partial charge >= 0.3 is 0 Å². The molecule has 0 aliphatic rings. The van der Waals surface area contributed by atoms with Crippen molar-refractivity contribution in [1.29, 1.82) is 0 Å². The molecule has 2 N–H and O–H groups in total. The minimum absolute atomic E-state index is 0.0293. The molecule has 0 aliphatic carbocycles. The standard InChI is InChI=1S/C15H17BrN2S/c1-2-13(15(17)11-6-4-3-5-7-11)19-14-9-8-12(16)10-18-14/h3-10,13,15H,2,17H2,1H3. The largest absolute Gasteiger partial charge is 0.323 e. The molecule has 2 nitrogen and oxygen atoms in total. The van der Waals surface area contributed by atoms with E-state index in [-0.39, 0.29) is 6.04 Å². The van der Waals surface area contributed by atoms with Crippen LogP contribution in [0.15, 0.2) is 58.2 Å². The molecule has 0 saturated heterocycles. The first-order valence-corrected chi connectivity index (χ1v) is 7.96. The zero-order valence-electron chi connectivity index (χ0n) is 10.8. The molecule has 1 aromatic heterocycles. The van der Waals surface area contributed by atoms with Gasteiger partial charge in [0.25, 0.3) is 0 Å². The fraction of sp³-hybridized carbons (Fsp3) is 0.267. The van der Waals surface area contributed by atoms with Crippen molar-refractivity contribution < 1.29 is 0 Å². The normalized spacial score (nSPS) is 14.1. The van der Waals surface area contributed by atoms with E-state index in [1.807, 2.05) is 36.5 Å². The molecule has 1 heterocycles. The molecule has 2 rings (SSSR count). The summed E-state index contributed by atoms with van der Waals surface area (Å²) in [5.74, 6) is 0. The van der Waals surface area contributed by atoms with Crippen molar-refractivity contribution in [1.82, 2.24) is 4.98 Å². The number of benzene rings is 1. The lowest BCUT2D eigenvalue weighted by Gasteiger charge is -2.22. The second-order valence-corrected chi connectivity index (χ2v) is 6.49. The molecule has 2 aromatic rings. The number of aromatic nitrogens is 1. The van der Waals surface area contributed by atoms with Gasteiger partial charge in [-0.05, 0) is 40.0 Å². The van der Waals surface area contributed by atoms with Crippen LogP contribution in [0.25, 0.3) is 0 Å². The van der Waals surface area contributed by atoms with Crippen LogP contribution in [0.2, 0.25) is 0 Å². The van der Waals surface area contributed by atoms with E-state index in [0.29, 0.717) is 5.25 Å². The molecule has 0 radical (unpaired) electrons. The third kappa shape index (κ3) is 4.06. The van der Waals surface area contributed by atoms with Gasteiger partial charge in [-0.25, -0.2) is 4.98 Å². The number of nitrogens with two attached hydrogens (primary N) is 1. The van der Waals surface area contributed by atoms with E-state index >= 15 is 0 Å². The second kappa shape index (κ2) is 7.08. The van der Waals surface area contributed by atoms with Crippen LogP contribution in [0.4, 0.5) is 0 Å². The summed E-state index contributed by atoms with van der Waals surface area (Å²) < 4.78 is 0.997. The zero-order chi connectivity index (χ0) is 13.7. The average molecular weight is 337 g/mol. The van der Waals surface area contributed by atoms with E-state index in [9.17, 15) is 0 Å². The highest BCUT2D eigenvalue weighted by Gasteiger charge is 2.19. The molecule has 0 aliphatic heterocycles. The Labute approximate surface area is 126 Å². The second-order valence-electron chi connectivity index (χ2n) is 4.32. The quantitative estimate of drug-likeness (QED) is 0.821. The first-order chi connectivity index (χ1) is 9.20. The Morgan fingerprint density at radius 3 is 2.53 bits per heavy atom. The van der Waals surface area contributed by atoms with Gasteiger partial charge in [-0.3, -0.25) is 0 Å². The Kier molecular flexibility index (Phi) is 5.43. The van der Waals surface area contributed by atoms with Crippen molar-refractivity contribution in [2.24, 2.45) is 5.73 Å². The van der Waals surface area contributed by atoms with Gasteiger partial charge in [0.1, 0.15) is 0 Å². The predicted molar refractivity (Wildman–Crippen MR) is 85.2 cm³/mol. The summed E-state index contributed by atoms with van der Waals surface area (Å²) >= 11 is 5.14. The lowest BCUT2D eigenvalue weighted by Crippen LogP contribution is -2.23. The lowest BCUT2D eigenvalue weighted by atomic mass is 10.0. The van der Waals surface area contributed by atoms with E-state index in [1.54, 1.807) is 11.8 Å². The minimum atomic E-state index is 0.0293. The van der Waals surface area contributed by atoms with Crippen molar-refractivity contribution in [3.63, 3.8) is 0 Å². The highest BCUT2D eigenvalue weighted by molar-refractivity contribution is 9.10. The van der Waals surface area contributed by atoms with Crippen LogP contribution in [0.5, 0.6) is 0 Å². The van der Waals surface area contributed by atoms with Gasteiger partial charge < -0.3 is 5.73 Å². The molecule has 0 saturated carbocycles. The Bertz CT molecular complexity index is 501. The van der Waals surface area contributed by atoms with Crippen molar-refractivity contribution in [3.8, 4) is 0 Å². The Hall–Kier alpha value is -0.840. The number of pyridine rings is 1. The van der Waals surface area contributed by atoms with Crippen LogP contribution >= 0.6 is 27.7 Å². The monoisotopic (exact) mass is 336 g/mol. The average Bonchev–Trinajstić information content (AvgIpc) is 2.47. The lowest BCUT2D eigenvalue weighted by molar-refractivity contribution is 0.655. The summed E-state index contributed by atoms with van der Waals surface area (Å²) in [5.41, 5.74) is 7.55. The molecule has 0 spiro atoms. The molecular formula is C15H17BrN2S. The molecule has 19 heavy (non-hydrogen) atoms. The number of hydrogen-bond donors (Lipinski definition) is 1. The topological polar surface area (TPSA) is 38.9 Å². The molecule has 1 aromatic carbocycles. The van der Waals surface area contributed by atoms with Gasteiger partial charge in [-0.2, -0.15) is 0 Å². The summed E-state index contributed by atoms with van der Waals surface area (Å²) in [6.45, 7) is 2.17. The highest BCUT2D eigenvalue weighted by Crippen LogP contribution is 2.32. The van der Waals surface area contributed by atoms with E-state index < -0.39 is 0 Å². The number of hydrogen-bond acceptors (Lipinski definition) is 3. The van der Waals surface area contributed by atoms with Gasteiger partial charge in [-0.1, -0.05) is 37.3 Å². The predicted octanol–water partition coefficient (Wildman–Crippen LogP) is 4.41. The fourth-order valence-electron chi connectivity index (χ4n) is 1.89. The molecule has 0 amide bonds. The van der Waals surface area contributed by atoms with Gasteiger partial charge in [0.05, 0.1) is 5.03 Å². The van der Waals surface area contributed by atoms with Crippen LogP contribution in [0.3, 0.4) is 0 Å². The summed E-state index contributed by atoms with van der Waals surface area (Å²) in [4.78, 5) is 4.40. The summed E-state index contributed by atoms with van der Waals surface area (Å²) in [7, 11) is 0. The van der Waals surface area contributed by atoms with Crippen LogP contribution in [-0.4, -0.2) is 10.2 Å². The maximum absolute atomic E-state index is 6.37. The van der Waals surface area contributed by atoms with Crippen LogP contribution in [0, 0.1) is 0 Å². The molecule has 0 fully saturated rings. The van der Waals surface area contributed by atoms with Crippen LogP contribution in [-0.2, 0) is 0 Å². The molecular weight excluding hydrogens is 320 g/mol. The molecule has 4 heteroatoms. The third-order valence-corrected chi connectivity index (χ3v) is 4.84. The highest BCUT2D eigenvalue weighted by atomic mass is 79.9. The van der Waals surface area contributed by atoms with E-state index in [0.717, 1.165) is 15.9 Å². The fourth-order valence-corrected chi connectivity index (χ4v) is 3.16. The summed E-state index contributed by atoms with van der Waals surface area (Å²) in [6, 6.07) is 14.3. The third-order valence-electron chi connectivity index (χ3n) is 2.96. The number of rotatable bonds is 5. The molecule has 0 bridgehead atoms. The number of thioether (sulfide) groups is 1. The van der Waals surface area contributed by atoms with Crippen molar-refractivity contribution >= 4 is 27.7 Å². The van der Waals surface area contributed by atoms with E-state index in [1.165, 1.54) is 5.56 Å². The molecule has 100 valence electrons. The van der Waals surface area contributed by atoms with Gasteiger partial charge in [0, 0.05) is 22.0 Å². The summed E-state index contributed by atoms with van der Waals surface area (Å²) in [6.07, 6.45) is 2.83. The van der Waals surface area contributed by atoms with Crippen LogP contribution in [0.1, 0.15) is 24.9 Å². The number of halogens is 1. The van der Waals surface area contributed by atoms with Crippen molar-refractivity contribution in [3.05, 3.63) is 58.7 Å². The summed E-state index contributed by atoms with van der Waals surface area (Å²) in [5, 5.41) is 1.34. The zero-order valence-corrected chi connectivity index (χ0v) is 13.2. The maximum Gasteiger partial charge on any atom is 0.0964 e. The first kappa shape index (κ1) is 14.6. The maximum atomic E-state index is 6.37. The van der Waals surface area contributed by atoms with Crippen molar-refractivity contribution in [2.45, 2.75) is 29.7 Å². The van der Waals surface area contributed by atoms with E-state index in [2.05, 4.69) is 40.0 Å². The molecule has 2 atom stereocenters. The smallest absolute Gasteiger partial charge is 0.0964 e. The SMILES string of the molecule is CCC(Sc1ccc(Br)cn1)C(N)c1ccccc1. The van der Waals surface area contributed by atoms with Gasteiger partial charge in [0.2, 0.25) is 0 Å². The Balaban J connectivity index is 2.10. The Morgan fingerprint density at radius 1 is 1.21 bits per heavy atom. The van der Waals surface area contributed by atoms with E-state index in [4.69, 9.17) is 5.73 Å². The number of nitrogens with zero attached hydrogens (tertiary/aromatic N) is 1. The Morgan fingerprint density at radius 2 is 1.95 bits per heavy atom. The van der Waals surface area contributed by atoms with Crippen LogP contribution < -0.4 is 5.73 Å². The molecule has 2 unspecified atom stereocenters. The van der Waals surface area contributed by atoms with Crippen molar-refractivity contribution in [2.75, 3.05) is 0 Å². The first-order valence-electron chi connectivity index (χ1n) is 6.29. The van der Waals surface area contributed by atoms with Gasteiger partial charge in [-0.15, -0.1) is 11.8 Å². The van der Waals surface area contributed by atoms with Gasteiger partial charge in [0.15, 0.2) is 0 Å². The minimum Gasteiger partial charge on any atom is -0.323 e.